The summed E-state index contributed by atoms with van der Waals surface area (Å²) in [6.07, 6.45) is 1.65. The van der Waals surface area contributed by atoms with Gasteiger partial charge in [-0.25, -0.2) is 5.90 Å². The molecule has 3 N–H and O–H groups in total. The largest absolute Gasteiger partial charge is 0.351 e. The molecule has 1 saturated carbocycles. The highest BCUT2D eigenvalue weighted by atomic mass is 16.6. The van der Waals surface area contributed by atoms with Crippen molar-refractivity contribution in [2.24, 2.45) is 5.90 Å². The maximum Gasteiger partial charge on any atom is 0.251 e. The highest BCUT2D eigenvalue weighted by molar-refractivity contribution is 5.80. The van der Waals surface area contributed by atoms with Gasteiger partial charge in [-0.15, -0.1) is 0 Å². The van der Waals surface area contributed by atoms with Crippen LogP contribution in [0.4, 0.5) is 0 Å². The fraction of sp³-hybridized carbons (Fsp3) is 0.833. The lowest BCUT2D eigenvalue weighted by Gasteiger charge is -2.07. The van der Waals surface area contributed by atoms with E-state index in [1.54, 1.807) is 6.92 Å². The van der Waals surface area contributed by atoms with Crippen molar-refractivity contribution in [1.29, 1.82) is 0 Å². The molecule has 0 radical (unpaired) electrons. The van der Waals surface area contributed by atoms with Crippen molar-refractivity contribution in [2.75, 3.05) is 0 Å². The highest BCUT2D eigenvalue weighted by Gasteiger charge is 2.25. The number of carbonyl (C=O) groups excluding carboxylic acids is 1. The second-order valence-corrected chi connectivity index (χ2v) is 2.56. The average Bonchev–Trinajstić information content (AvgIpc) is 2.70. The zero-order valence-corrected chi connectivity index (χ0v) is 5.96. The van der Waals surface area contributed by atoms with Gasteiger partial charge in [-0.3, -0.25) is 9.63 Å². The molecule has 0 aromatic carbocycles. The van der Waals surface area contributed by atoms with Gasteiger partial charge in [0.15, 0.2) is 6.10 Å². The van der Waals surface area contributed by atoms with Crippen LogP contribution in [0.15, 0.2) is 0 Å². The number of hydrogen-bond acceptors (Lipinski definition) is 3. The van der Waals surface area contributed by atoms with Crippen LogP contribution >= 0.6 is 0 Å². The van der Waals surface area contributed by atoms with Gasteiger partial charge in [-0.1, -0.05) is 0 Å². The number of nitrogens with two attached hydrogens (primary N) is 1. The Hall–Kier alpha value is -0.610. The number of rotatable bonds is 3. The zero-order chi connectivity index (χ0) is 7.56. The summed E-state index contributed by atoms with van der Waals surface area (Å²) in [5.41, 5.74) is 0. The molecule has 1 atom stereocenters. The SMILES string of the molecule is CC(ON)C(=O)NC1CC1. The van der Waals surface area contributed by atoms with Gasteiger partial charge in [0.25, 0.3) is 5.91 Å². The summed E-state index contributed by atoms with van der Waals surface area (Å²) in [5.74, 6) is 4.69. The molecule has 1 rings (SSSR count). The predicted octanol–water partition coefficient (Wildman–Crippen LogP) is -0.456. The van der Waals surface area contributed by atoms with Crippen molar-refractivity contribution >= 4 is 5.91 Å². The lowest BCUT2D eigenvalue weighted by Crippen LogP contribution is -2.37. The first kappa shape index (κ1) is 7.50. The molecule has 1 aliphatic carbocycles. The summed E-state index contributed by atoms with van der Waals surface area (Å²) in [7, 11) is 0. The maximum absolute atomic E-state index is 10.9. The number of nitrogens with one attached hydrogen (secondary N) is 1. The van der Waals surface area contributed by atoms with Crippen molar-refractivity contribution in [3.8, 4) is 0 Å². The molecule has 1 amide bonds. The van der Waals surface area contributed by atoms with E-state index in [2.05, 4.69) is 10.2 Å². The van der Waals surface area contributed by atoms with E-state index >= 15 is 0 Å². The first-order chi connectivity index (χ1) is 4.74. The van der Waals surface area contributed by atoms with Crippen LogP contribution in [-0.2, 0) is 9.63 Å². The monoisotopic (exact) mass is 144 g/mol. The van der Waals surface area contributed by atoms with Gasteiger partial charge in [0.2, 0.25) is 0 Å². The second kappa shape index (κ2) is 2.98. The van der Waals surface area contributed by atoms with Crippen LogP contribution in [0.3, 0.4) is 0 Å². The molecule has 0 aliphatic heterocycles. The first-order valence-corrected chi connectivity index (χ1v) is 3.40. The van der Waals surface area contributed by atoms with Gasteiger partial charge < -0.3 is 5.32 Å². The minimum atomic E-state index is -0.527. The first-order valence-electron chi connectivity index (χ1n) is 3.40. The normalized spacial score (nSPS) is 20.2. The highest BCUT2D eigenvalue weighted by Crippen LogP contribution is 2.18. The van der Waals surface area contributed by atoms with E-state index in [1.807, 2.05) is 0 Å². The molecular formula is C6H12N2O2. The van der Waals surface area contributed by atoms with Crippen molar-refractivity contribution < 1.29 is 9.63 Å². The Morgan fingerprint density at radius 3 is 2.80 bits per heavy atom. The summed E-state index contributed by atoms with van der Waals surface area (Å²) >= 11 is 0. The quantitative estimate of drug-likeness (QED) is 0.527. The number of hydrogen-bond donors (Lipinski definition) is 2. The van der Waals surface area contributed by atoms with Crippen LogP contribution in [0.5, 0.6) is 0 Å². The molecule has 0 aromatic rings. The summed E-state index contributed by atoms with van der Waals surface area (Å²) in [6, 6.07) is 0.380. The standard InChI is InChI=1S/C6H12N2O2/c1-4(10-7)6(9)8-5-2-3-5/h4-5H,2-3,7H2,1H3,(H,8,9). The van der Waals surface area contributed by atoms with Gasteiger partial charge in [0.05, 0.1) is 0 Å². The Labute approximate surface area is 59.7 Å². The molecular weight excluding hydrogens is 132 g/mol. The van der Waals surface area contributed by atoms with Crippen LogP contribution in [0.2, 0.25) is 0 Å². The lowest BCUT2D eigenvalue weighted by atomic mass is 10.4. The third-order valence-corrected chi connectivity index (χ3v) is 1.50. The molecule has 58 valence electrons. The minimum absolute atomic E-state index is 0.120. The molecule has 0 aromatic heterocycles. The smallest absolute Gasteiger partial charge is 0.251 e. The van der Waals surface area contributed by atoms with Crippen molar-refractivity contribution in [3.05, 3.63) is 0 Å². The summed E-state index contributed by atoms with van der Waals surface area (Å²) < 4.78 is 0. The van der Waals surface area contributed by atoms with Gasteiger partial charge >= 0.3 is 0 Å². The Morgan fingerprint density at radius 1 is 1.80 bits per heavy atom. The number of carbonyl (C=O) groups is 1. The Bertz CT molecular complexity index is 134. The van der Waals surface area contributed by atoms with E-state index < -0.39 is 6.10 Å². The van der Waals surface area contributed by atoms with Crippen LogP contribution < -0.4 is 11.2 Å². The molecule has 4 heteroatoms. The third kappa shape index (κ3) is 1.97. The van der Waals surface area contributed by atoms with E-state index in [9.17, 15) is 4.79 Å². The molecule has 0 saturated heterocycles. The van der Waals surface area contributed by atoms with E-state index in [-0.39, 0.29) is 5.91 Å². The topological polar surface area (TPSA) is 64.3 Å². The molecule has 1 aliphatic rings. The van der Waals surface area contributed by atoms with Crippen LogP contribution in [0.25, 0.3) is 0 Å². The van der Waals surface area contributed by atoms with Crippen molar-refractivity contribution in [3.63, 3.8) is 0 Å². The van der Waals surface area contributed by atoms with Crippen molar-refractivity contribution in [1.82, 2.24) is 5.32 Å². The maximum atomic E-state index is 10.9. The fourth-order valence-corrected chi connectivity index (χ4v) is 0.608. The molecule has 0 spiro atoms. The Morgan fingerprint density at radius 2 is 2.40 bits per heavy atom. The Kier molecular flexibility index (Phi) is 2.24. The molecule has 0 heterocycles. The average molecular weight is 144 g/mol. The van der Waals surface area contributed by atoms with Crippen LogP contribution in [0, 0.1) is 0 Å². The third-order valence-electron chi connectivity index (χ3n) is 1.50. The fourth-order valence-electron chi connectivity index (χ4n) is 0.608. The molecule has 1 fully saturated rings. The van der Waals surface area contributed by atoms with E-state index in [0.29, 0.717) is 6.04 Å². The van der Waals surface area contributed by atoms with Gasteiger partial charge in [-0.2, -0.15) is 0 Å². The summed E-state index contributed by atoms with van der Waals surface area (Å²) in [6.45, 7) is 1.62. The summed E-state index contributed by atoms with van der Waals surface area (Å²) in [4.78, 5) is 15.2. The lowest BCUT2D eigenvalue weighted by molar-refractivity contribution is -0.132. The van der Waals surface area contributed by atoms with Crippen molar-refractivity contribution in [2.45, 2.75) is 31.9 Å². The van der Waals surface area contributed by atoms with Gasteiger partial charge in [0.1, 0.15) is 0 Å². The van der Waals surface area contributed by atoms with Crippen LogP contribution in [-0.4, -0.2) is 18.1 Å². The molecule has 4 nitrogen and oxygen atoms in total. The Balaban J connectivity index is 2.18. The van der Waals surface area contributed by atoms with E-state index in [4.69, 9.17) is 5.90 Å². The van der Waals surface area contributed by atoms with Gasteiger partial charge in [-0.05, 0) is 19.8 Å². The van der Waals surface area contributed by atoms with E-state index in [1.165, 1.54) is 0 Å². The van der Waals surface area contributed by atoms with Gasteiger partial charge in [0, 0.05) is 6.04 Å². The minimum Gasteiger partial charge on any atom is -0.351 e. The second-order valence-electron chi connectivity index (χ2n) is 2.56. The molecule has 10 heavy (non-hydrogen) atoms. The summed E-state index contributed by atoms with van der Waals surface area (Å²) in [5, 5.41) is 2.76. The zero-order valence-electron chi connectivity index (χ0n) is 5.96. The molecule has 0 bridgehead atoms. The van der Waals surface area contributed by atoms with Crippen LogP contribution in [0.1, 0.15) is 19.8 Å². The number of amides is 1. The predicted molar refractivity (Wildman–Crippen MR) is 35.9 cm³/mol. The van der Waals surface area contributed by atoms with E-state index in [0.717, 1.165) is 12.8 Å². The molecule has 1 unspecified atom stereocenters.